The maximum Gasteiger partial charge on any atom is 0.335 e. The second-order valence-corrected chi connectivity index (χ2v) is 6.21. The van der Waals surface area contributed by atoms with E-state index in [1.54, 1.807) is 18.3 Å². The lowest BCUT2D eigenvalue weighted by molar-refractivity contribution is 0.0697. The quantitative estimate of drug-likeness (QED) is 0.729. The number of aromatic nitrogens is 3. The summed E-state index contributed by atoms with van der Waals surface area (Å²) in [5, 5.41) is 17.8. The van der Waals surface area contributed by atoms with Crippen molar-refractivity contribution in [3.05, 3.63) is 54.0 Å². The van der Waals surface area contributed by atoms with Crippen LogP contribution in [0.1, 0.15) is 28.9 Å². The summed E-state index contributed by atoms with van der Waals surface area (Å²) in [5.74, 6) is -0.191. The molecular formula is C18H18N4O2. The Morgan fingerprint density at radius 2 is 2.17 bits per heavy atom. The average Bonchev–Trinajstić information content (AvgIpc) is 3.29. The van der Waals surface area contributed by atoms with Gasteiger partial charge in [0.15, 0.2) is 0 Å². The molecule has 1 aliphatic carbocycles. The Bertz CT molecular complexity index is 899. The molecule has 3 aromatic rings. The first-order valence-electron chi connectivity index (χ1n) is 8.07. The van der Waals surface area contributed by atoms with Crippen LogP contribution in [0.25, 0.3) is 10.9 Å². The molecule has 2 aromatic heterocycles. The van der Waals surface area contributed by atoms with Gasteiger partial charge in [-0.1, -0.05) is 6.07 Å². The molecule has 122 valence electrons. The summed E-state index contributed by atoms with van der Waals surface area (Å²) < 4.78 is 2.03. The van der Waals surface area contributed by atoms with Crippen molar-refractivity contribution in [3.63, 3.8) is 0 Å². The van der Waals surface area contributed by atoms with Gasteiger partial charge >= 0.3 is 5.97 Å². The van der Waals surface area contributed by atoms with Gasteiger partial charge in [0.1, 0.15) is 0 Å². The molecule has 1 saturated carbocycles. The van der Waals surface area contributed by atoms with Crippen LogP contribution in [0.2, 0.25) is 0 Å². The van der Waals surface area contributed by atoms with Crippen molar-refractivity contribution in [1.82, 2.24) is 14.8 Å². The minimum Gasteiger partial charge on any atom is -0.478 e. The third-order valence-corrected chi connectivity index (χ3v) is 4.34. The molecule has 0 radical (unpaired) electrons. The van der Waals surface area contributed by atoms with Gasteiger partial charge in [-0.25, -0.2) is 4.79 Å². The van der Waals surface area contributed by atoms with Crippen LogP contribution in [0.15, 0.2) is 42.7 Å². The highest BCUT2D eigenvalue weighted by molar-refractivity contribution is 5.99. The van der Waals surface area contributed by atoms with Crippen LogP contribution in [-0.4, -0.2) is 25.8 Å². The number of aromatic carboxylic acids is 1. The summed E-state index contributed by atoms with van der Waals surface area (Å²) in [5.41, 5.74) is 2.84. The number of carboxylic acid groups (broad SMARTS) is 1. The van der Waals surface area contributed by atoms with E-state index in [4.69, 9.17) is 0 Å². The highest BCUT2D eigenvalue weighted by Crippen LogP contribution is 2.31. The summed E-state index contributed by atoms with van der Waals surface area (Å²) in [7, 11) is 0. The number of nitrogens with one attached hydrogen (secondary N) is 1. The number of nitrogens with zero attached hydrogens (tertiary/aromatic N) is 3. The van der Waals surface area contributed by atoms with Crippen LogP contribution >= 0.6 is 0 Å². The van der Waals surface area contributed by atoms with E-state index in [9.17, 15) is 9.90 Å². The third kappa shape index (κ3) is 2.95. The number of hydrogen-bond donors (Lipinski definition) is 2. The van der Waals surface area contributed by atoms with Gasteiger partial charge < -0.3 is 10.4 Å². The molecule has 1 aliphatic rings. The zero-order chi connectivity index (χ0) is 16.5. The minimum atomic E-state index is -0.942. The topological polar surface area (TPSA) is 80.0 Å². The molecule has 0 unspecified atom stereocenters. The van der Waals surface area contributed by atoms with Crippen LogP contribution in [0.3, 0.4) is 0 Å². The van der Waals surface area contributed by atoms with Crippen molar-refractivity contribution in [1.29, 1.82) is 0 Å². The van der Waals surface area contributed by atoms with E-state index >= 15 is 0 Å². The van der Waals surface area contributed by atoms with Crippen molar-refractivity contribution in [2.75, 3.05) is 5.32 Å². The molecule has 24 heavy (non-hydrogen) atoms. The van der Waals surface area contributed by atoms with Crippen molar-refractivity contribution >= 4 is 22.6 Å². The molecule has 6 nitrogen and oxygen atoms in total. The largest absolute Gasteiger partial charge is 0.478 e. The van der Waals surface area contributed by atoms with Gasteiger partial charge in [-0.05, 0) is 43.0 Å². The molecule has 1 aromatic carbocycles. The number of fused-ring (bicyclic) bond motifs is 1. The number of carbonyl (C=O) groups is 1. The molecule has 0 atom stereocenters. The number of pyridine rings is 1. The number of rotatable bonds is 6. The zero-order valence-corrected chi connectivity index (χ0v) is 13.1. The minimum absolute atomic E-state index is 0.254. The molecule has 4 rings (SSSR count). The predicted molar refractivity (Wildman–Crippen MR) is 91.0 cm³/mol. The Labute approximate surface area is 139 Å². The van der Waals surface area contributed by atoms with E-state index in [-0.39, 0.29) is 5.56 Å². The van der Waals surface area contributed by atoms with E-state index < -0.39 is 5.97 Å². The predicted octanol–water partition coefficient (Wildman–Crippen LogP) is 3.15. The highest BCUT2D eigenvalue weighted by atomic mass is 16.4. The van der Waals surface area contributed by atoms with Gasteiger partial charge in [-0.3, -0.25) is 9.67 Å². The van der Waals surface area contributed by atoms with Crippen LogP contribution in [0.4, 0.5) is 5.69 Å². The smallest absolute Gasteiger partial charge is 0.335 e. The summed E-state index contributed by atoms with van der Waals surface area (Å²) in [6.07, 6.45) is 6.08. The van der Waals surface area contributed by atoms with Gasteiger partial charge in [0.05, 0.1) is 29.0 Å². The van der Waals surface area contributed by atoms with Gasteiger partial charge in [-0.2, -0.15) is 5.10 Å². The summed E-state index contributed by atoms with van der Waals surface area (Å²) in [4.78, 5) is 15.7. The first kappa shape index (κ1) is 14.7. The lowest BCUT2D eigenvalue weighted by Crippen LogP contribution is -2.11. The van der Waals surface area contributed by atoms with Crippen molar-refractivity contribution in [3.8, 4) is 0 Å². The highest BCUT2D eigenvalue weighted by Gasteiger charge is 2.22. The molecule has 1 fully saturated rings. The Morgan fingerprint density at radius 3 is 2.96 bits per heavy atom. The molecule has 0 aliphatic heterocycles. The SMILES string of the molecule is O=C(O)c1cc(NCc2ccnn2CC2CC2)c2ncccc2c1. The molecule has 2 N–H and O–H groups in total. The first-order chi connectivity index (χ1) is 11.7. The molecule has 0 spiro atoms. The van der Waals surface area contributed by atoms with E-state index in [1.807, 2.05) is 29.1 Å². The number of carboxylic acids is 1. The fourth-order valence-electron chi connectivity index (χ4n) is 2.86. The van der Waals surface area contributed by atoms with Crippen molar-refractivity contribution in [2.24, 2.45) is 5.92 Å². The van der Waals surface area contributed by atoms with Gasteiger partial charge in [0.2, 0.25) is 0 Å². The molecule has 0 saturated heterocycles. The molecule has 2 heterocycles. The summed E-state index contributed by atoms with van der Waals surface area (Å²) in [6, 6.07) is 8.96. The number of anilines is 1. The molecule has 6 heteroatoms. The Hall–Kier alpha value is -2.89. The third-order valence-electron chi connectivity index (χ3n) is 4.34. The second-order valence-electron chi connectivity index (χ2n) is 6.21. The fraction of sp³-hybridized carbons (Fsp3) is 0.278. The number of benzene rings is 1. The van der Waals surface area contributed by atoms with Crippen LogP contribution in [0.5, 0.6) is 0 Å². The second kappa shape index (κ2) is 5.96. The lowest BCUT2D eigenvalue weighted by atomic mass is 10.1. The Morgan fingerprint density at radius 1 is 1.29 bits per heavy atom. The fourth-order valence-corrected chi connectivity index (χ4v) is 2.86. The van der Waals surface area contributed by atoms with Gasteiger partial charge in [-0.15, -0.1) is 0 Å². The van der Waals surface area contributed by atoms with Gasteiger partial charge in [0, 0.05) is 24.3 Å². The van der Waals surface area contributed by atoms with Crippen LogP contribution < -0.4 is 5.32 Å². The van der Waals surface area contributed by atoms with E-state index in [2.05, 4.69) is 15.4 Å². The number of hydrogen-bond acceptors (Lipinski definition) is 4. The van der Waals surface area contributed by atoms with Crippen LogP contribution in [-0.2, 0) is 13.1 Å². The van der Waals surface area contributed by atoms with E-state index in [1.165, 1.54) is 12.8 Å². The Kier molecular flexibility index (Phi) is 3.65. The standard InChI is InChI=1S/C18H18N4O2/c23-18(24)14-8-13-2-1-6-19-17(13)16(9-14)20-10-15-5-7-21-22(15)11-12-3-4-12/h1-2,5-9,12,20H,3-4,10-11H2,(H,23,24). The molecule has 0 amide bonds. The Balaban J connectivity index is 1.61. The lowest BCUT2D eigenvalue weighted by Gasteiger charge is -2.12. The van der Waals surface area contributed by atoms with Crippen molar-refractivity contribution < 1.29 is 9.90 Å². The summed E-state index contributed by atoms with van der Waals surface area (Å²) in [6.45, 7) is 1.54. The maximum absolute atomic E-state index is 11.3. The summed E-state index contributed by atoms with van der Waals surface area (Å²) >= 11 is 0. The monoisotopic (exact) mass is 322 g/mol. The molecular weight excluding hydrogens is 304 g/mol. The van der Waals surface area contributed by atoms with Crippen molar-refractivity contribution in [2.45, 2.75) is 25.9 Å². The van der Waals surface area contributed by atoms with Crippen LogP contribution in [0, 0.1) is 5.92 Å². The molecule has 0 bridgehead atoms. The normalized spacial score (nSPS) is 14.0. The van der Waals surface area contributed by atoms with Gasteiger partial charge in [0.25, 0.3) is 0 Å². The van der Waals surface area contributed by atoms with E-state index in [0.29, 0.717) is 6.54 Å². The van der Waals surface area contributed by atoms with E-state index in [0.717, 1.165) is 34.7 Å². The zero-order valence-electron chi connectivity index (χ0n) is 13.1. The first-order valence-corrected chi connectivity index (χ1v) is 8.07. The maximum atomic E-state index is 11.3. The average molecular weight is 322 g/mol.